The van der Waals surface area contributed by atoms with E-state index in [4.69, 9.17) is 9.84 Å². The number of carbonyl (C=O) groups excluding carboxylic acids is 1. The first-order chi connectivity index (χ1) is 9.54. The highest BCUT2D eigenvalue weighted by atomic mass is 16.5. The number of aliphatic carboxylic acids is 1. The van der Waals surface area contributed by atoms with Crippen molar-refractivity contribution in [1.82, 2.24) is 5.32 Å². The van der Waals surface area contributed by atoms with Crippen LogP contribution in [-0.2, 0) is 14.3 Å². The third-order valence-corrected chi connectivity index (χ3v) is 3.96. The Morgan fingerprint density at radius 1 is 1.35 bits per heavy atom. The Morgan fingerprint density at radius 3 is 2.65 bits per heavy atom. The number of carboxylic acid groups (broad SMARTS) is 1. The minimum Gasteiger partial charge on any atom is -0.481 e. The monoisotopic (exact) mass is 285 g/mol. The molecule has 1 aliphatic rings. The number of amides is 1. The van der Waals surface area contributed by atoms with E-state index < -0.39 is 5.97 Å². The van der Waals surface area contributed by atoms with Gasteiger partial charge in [-0.05, 0) is 31.1 Å². The summed E-state index contributed by atoms with van der Waals surface area (Å²) in [6.45, 7) is 5.40. The first-order valence-electron chi connectivity index (χ1n) is 7.65. The van der Waals surface area contributed by atoms with E-state index in [2.05, 4.69) is 12.2 Å². The molecule has 1 heterocycles. The molecule has 0 aliphatic carbocycles. The Hall–Kier alpha value is -1.10. The van der Waals surface area contributed by atoms with Crippen molar-refractivity contribution >= 4 is 11.9 Å². The molecule has 1 aliphatic heterocycles. The molecule has 20 heavy (non-hydrogen) atoms. The van der Waals surface area contributed by atoms with Crippen molar-refractivity contribution in [2.75, 3.05) is 13.2 Å². The van der Waals surface area contributed by atoms with Crippen molar-refractivity contribution in [1.29, 1.82) is 0 Å². The molecule has 1 fully saturated rings. The van der Waals surface area contributed by atoms with E-state index >= 15 is 0 Å². The first-order valence-corrected chi connectivity index (χ1v) is 7.65. The highest BCUT2D eigenvalue weighted by Gasteiger charge is 2.30. The Balaban J connectivity index is 2.25. The predicted octanol–water partition coefficient (Wildman–Crippen LogP) is 2.20. The van der Waals surface area contributed by atoms with Gasteiger partial charge in [0, 0.05) is 19.6 Å². The maximum atomic E-state index is 11.9. The van der Waals surface area contributed by atoms with Crippen LogP contribution in [0.15, 0.2) is 0 Å². The Kier molecular flexibility index (Phi) is 7.59. The van der Waals surface area contributed by atoms with E-state index in [0.29, 0.717) is 25.5 Å². The van der Waals surface area contributed by atoms with Gasteiger partial charge in [-0.15, -0.1) is 0 Å². The number of rotatable bonds is 9. The van der Waals surface area contributed by atoms with Crippen molar-refractivity contribution in [3.63, 3.8) is 0 Å². The molecule has 0 bridgehead atoms. The fourth-order valence-electron chi connectivity index (χ4n) is 2.70. The summed E-state index contributed by atoms with van der Waals surface area (Å²) < 4.78 is 5.42. The lowest BCUT2D eigenvalue weighted by Gasteiger charge is -2.18. The molecule has 5 nitrogen and oxygen atoms in total. The molecule has 3 unspecified atom stereocenters. The van der Waals surface area contributed by atoms with Gasteiger partial charge in [0.25, 0.3) is 0 Å². The average Bonchev–Trinajstić information content (AvgIpc) is 2.82. The topological polar surface area (TPSA) is 75.6 Å². The van der Waals surface area contributed by atoms with Crippen LogP contribution in [0.4, 0.5) is 0 Å². The molecule has 1 saturated heterocycles. The Bertz CT molecular complexity index is 319. The summed E-state index contributed by atoms with van der Waals surface area (Å²) in [6.07, 6.45) is 4.43. The lowest BCUT2D eigenvalue weighted by Crippen LogP contribution is -2.38. The predicted molar refractivity (Wildman–Crippen MR) is 76.4 cm³/mol. The van der Waals surface area contributed by atoms with Crippen LogP contribution in [0, 0.1) is 11.8 Å². The van der Waals surface area contributed by atoms with Crippen LogP contribution in [0.25, 0.3) is 0 Å². The smallest absolute Gasteiger partial charge is 0.303 e. The van der Waals surface area contributed by atoms with Gasteiger partial charge in [-0.3, -0.25) is 9.59 Å². The molecule has 0 aromatic rings. The fourth-order valence-corrected chi connectivity index (χ4v) is 2.70. The van der Waals surface area contributed by atoms with Crippen molar-refractivity contribution < 1.29 is 19.4 Å². The van der Waals surface area contributed by atoms with E-state index in [1.165, 1.54) is 0 Å². The van der Waals surface area contributed by atoms with Crippen LogP contribution < -0.4 is 5.32 Å². The molecule has 2 N–H and O–H groups in total. The average molecular weight is 285 g/mol. The van der Waals surface area contributed by atoms with Gasteiger partial charge in [0.1, 0.15) is 6.10 Å². The maximum Gasteiger partial charge on any atom is 0.303 e. The van der Waals surface area contributed by atoms with Crippen LogP contribution >= 0.6 is 0 Å². The van der Waals surface area contributed by atoms with E-state index in [0.717, 1.165) is 25.7 Å². The number of carboxylic acids is 1. The van der Waals surface area contributed by atoms with Crippen LogP contribution in [0.1, 0.15) is 52.4 Å². The summed E-state index contributed by atoms with van der Waals surface area (Å²) in [6, 6.07) is 0. The van der Waals surface area contributed by atoms with Crippen molar-refractivity contribution in [2.24, 2.45) is 11.8 Å². The standard InChI is InChI=1S/C15H27NO4/c1-3-4-12(5-6-13(17)18)7-9-16-15(19)14-11(2)8-10-20-14/h11-12,14H,3-10H2,1-2H3,(H,16,19)(H,17,18). The van der Waals surface area contributed by atoms with E-state index in [1.807, 2.05) is 6.92 Å². The van der Waals surface area contributed by atoms with Crippen molar-refractivity contribution in [3.8, 4) is 0 Å². The third kappa shape index (κ3) is 5.90. The SMILES string of the molecule is CCCC(CCNC(=O)C1OCCC1C)CCC(=O)O. The summed E-state index contributed by atoms with van der Waals surface area (Å²) in [4.78, 5) is 22.5. The zero-order valence-corrected chi connectivity index (χ0v) is 12.6. The molecule has 5 heteroatoms. The Morgan fingerprint density at radius 2 is 2.10 bits per heavy atom. The molecule has 0 saturated carbocycles. The summed E-state index contributed by atoms with van der Waals surface area (Å²) in [5.41, 5.74) is 0. The normalized spacial score (nSPS) is 23.5. The number of hydrogen-bond acceptors (Lipinski definition) is 3. The molecular formula is C15H27NO4. The second-order valence-corrected chi connectivity index (χ2v) is 5.72. The van der Waals surface area contributed by atoms with Crippen LogP contribution in [0.5, 0.6) is 0 Å². The van der Waals surface area contributed by atoms with Crippen LogP contribution in [0.2, 0.25) is 0 Å². The lowest BCUT2D eigenvalue weighted by atomic mass is 9.94. The number of ether oxygens (including phenoxy) is 1. The van der Waals surface area contributed by atoms with Gasteiger partial charge in [-0.2, -0.15) is 0 Å². The maximum absolute atomic E-state index is 11.9. The highest BCUT2D eigenvalue weighted by molar-refractivity contribution is 5.81. The largest absolute Gasteiger partial charge is 0.481 e. The molecule has 0 radical (unpaired) electrons. The van der Waals surface area contributed by atoms with Gasteiger partial charge in [0.15, 0.2) is 0 Å². The molecule has 116 valence electrons. The van der Waals surface area contributed by atoms with Gasteiger partial charge in [0.2, 0.25) is 5.91 Å². The second-order valence-electron chi connectivity index (χ2n) is 5.72. The van der Waals surface area contributed by atoms with E-state index in [9.17, 15) is 9.59 Å². The number of nitrogens with one attached hydrogen (secondary N) is 1. The minimum absolute atomic E-state index is 0.0246. The van der Waals surface area contributed by atoms with Crippen molar-refractivity contribution in [2.45, 2.75) is 58.5 Å². The number of carbonyl (C=O) groups is 2. The molecule has 1 rings (SSSR count). The summed E-state index contributed by atoms with van der Waals surface area (Å²) >= 11 is 0. The Labute approximate surface area is 121 Å². The molecule has 0 aromatic heterocycles. The molecule has 1 amide bonds. The molecule has 0 aromatic carbocycles. The third-order valence-electron chi connectivity index (χ3n) is 3.96. The van der Waals surface area contributed by atoms with Gasteiger partial charge in [-0.25, -0.2) is 0 Å². The molecule has 3 atom stereocenters. The summed E-state index contributed by atoms with van der Waals surface area (Å²) in [7, 11) is 0. The summed E-state index contributed by atoms with van der Waals surface area (Å²) in [5.74, 6) is -0.112. The highest BCUT2D eigenvalue weighted by Crippen LogP contribution is 2.20. The number of hydrogen-bond donors (Lipinski definition) is 2. The molecular weight excluding hydrogens is 258 g/mol. The van der Waals surface area contributed by atoms with Gasteiger partial charge in [0.05, 0.1) is 0 Å². The zero-order valence-electron chi connectivity index (χ0n) is 12.6. The fraction of sp³-hybridized carbons (Fsp3) is 0.867. The van der Waals surface area contributed by atoms with Gasteiger partial charge < -0.3 is 15.2 Å². The summed E-state index contributed by atoms with van der Waals surface area (Å²) in [5, 5.41) is 11.7. The lowest BCUT2D eigenvalue weighted by molar-refractivity contribution is -0.137. The van der Waals surface area contributed by atoms with Gasteiger partial charge >= 0.3 is 5.97 Å². The van der Waals surface area contributed by atoms with Crippen LogP contribution in [0.3, 0.4) is 0 Å². The van der Waals surface area contributed by atoms with Crippen LogP contribution in [-0.4, -0.2) is 36.2 Å². The first kappa shape index (κ1) is 17.0. The van der Waals surface area contributed by atoms with E-state index in [-0.39, 0.29) is 24.3 Å². The van der Waals surface area contributed by atoms with Crippen molar-refractivity contribution in [3.05, 3.63) is 0 Å². The van der Waals surface area contributed by atoms with E-state index in [1.54, 1.807) is 0 Å². The zero-order chi connectivity index (χ0) is 15.0. The quantitative estimate of drug-likeness (QED) is 0.681. The molecule has 0 spiro atoms. The van der Waals surface area contributed by atoms with Gasteiger partial charge in [-0.1, -0.05) is 26.7 Å². The minimum atomic E-state index is -0.747. The second kappa shape index (κ2) is 8.95.